The molecule has 2 unspecified atom stereocenters. The van der Waals surface area contributed by atoms with Gasteiger partial charge in [0.1, 0.15) is 12.7 Å². The van der Waals surface area contributed by atoms with Crippen LogP contribution in [0, 0.1) is 0 Å². The minimum Gasteiger partial charge on any atom is -0.370 e. The molecule has 0 N–H and O–H groups in total. The van der Waals surface area contributed by atoms with Crippen molar-refractivity contribution in [2.45, 2.75) is 31.7 Å². The van der Waals surface area contributed by atoms with Gasteiger partial charge in [-0.3, -0.25) is 0 Å². The van der Waals surface area contributed by atoms with Crippen LogP contribution in [0.3, 0.4) is 0 Å². The first-order chi connectivity index (χ1) is 5.95. The summed E-state index contributed by atoms with van der Waals surface area (Å²) in [6.45, 7) is 2.11. The number of ether oxygens (including phenoxy) is 2. The summed E-state index contributed by atoms with van der Waals surface area (Å²) in [4.78, 5) is 9.98. The van der Waals surface area contributed by atoms with E-state index in [-0.39, 0.29) is 12.4 Å². The van der Waals surface area contributed by atoms with Crippen molar-refractivity contribution in [3.63, 3.8) is 0 Å². The quantitative estimate of drug-likeness (QED) is 0.360. The van der Waals surface area contributed by atoms with E-state index in [9.17, 15) is 0 Å². The molecule has 4 heteroatoms. The predicted molar refractivity (Wildman–Crippen MR) is 40.4 cm³/mol. The monoisotopic (exact) mass is 174 g/mol. The van der Waals surface area contributed by atoms with Gasteiger partial charge in [0, 0.05) is 13.0 Å². The van der Waals surface area contributed by atoms with Crippen LogP contribution >= 0.6 is 0 Å². The van der Waals surface area contributed by atoms with E-state index in [1.807, 2.05) is 0 Å². The first kappa shape index (κ1) is 8.44. The Bertz CT molecular complexity index is 129. The van der Waals surface area contributed by atoms with Gasteiger partial charge in [0.25, 0.3) is 0 Å². The highest BCUT2D eigenvalue weighted by Crippen LogP contribution is 2.15. The Labute approximate surface area is 71.7 Å². The number of epoxide rings is 1. The molecule has 2 aliphatic rings. The van der Waals surface area contributed by atoms with Crippen LogP contribution in [0.15, 0.2) is 0 Å². The minimum absolute atomic E-state index is 0.155. The summed E-state index contributed by atoms with van der Waals surface area (Å²) in [5.41, 5.74) is 0. The van der Waals surface area contributed by atoms with Crippen LogP contribution < -0.4 is 0 Å². The molecule has 4 nitrogen and oxygen atoms in total. The van der Waals surface area contributed by atoms with Crippen LogP contribution in [0.1, 0.15) is 19.3 Å². The van der Waals surface area contributed by atoms with E-state index in [4.69, 9.17) is 19.2 Å². The second-order valence-electron chi connectivity index (χ2n) is 3.13. The Hall–Kier alpha value is -0.160. The first-order valence-corrected chi connectivity index (χ1v) is 4.46. The summed E-state index contributed by atoms with van der Waals surface area (Å²) in [5.74, 6) is 0. The maximum absolute atomic E-state index is 5.29. The van der Waals surface area contributed by atoms with Crippen molar-refractivity contribution < 1.29 is 19.2 Å². The molecule has 2 fully saturated rings. The molecule has 12 heavy (non-hydrogen) atoms. The van der Waals surface area contributed by atoms with Gasteiger partial charge in [0.05, 0.1) is 6.61 Å². The molecule has 2 aliphatic heterocycles. The number of rotatable bonds is 4. The van der Waals surface area contributed by atoms with Gasteiger partial charge in [-0.1, -0.05) is 0 Å². The zero-order valence-electron chi connectivity index (χ0n) is 7.03. The molecule has 0 aromatic rings. The molecule has 0 aromatic carbocycles. The van der Waals surface area contributed by atoms with Crippen molar-refractivity contribution in [2.24, 2.45) is 0 Å². The lowest BCUT2D eigenvalue weighted by Crippen LogP contribution is -2.23. The summed E-state index contributed by atoms with van der Waals surface area (Å²) >= 11 is 0. The molecular formula is C8H14O4. The average Bonchev–Trinajstić information content (AvgIpc) is 2.90. The highest BCUT2D eigenvalue weighted by atomic mass is 17.2. The van der Waals surface area contributed by atoms with Crippen LogP contribution in [-0.4, -0.2) is 32.2 Å². The van der Waals surface area contributed by atoms with E-state index in [0.717, 1.165) is 32.5 Å². The molecule has 0 bridgehead atoms. The Morgan fingerprint density at radius 3 is 2.83 bits per heavy atom. The maximum atomic E-state index is 5.29. The lowest BCUT2D eigenvalue weighted by Gasteiger charge is -2.20. The second-order valence-corrected chi connectivity index (χ2v) is 3.13. The van der Waals surface area contributed by atoms with E-state index in [2.05, 4.69) is 0 Å². The van der Waals surface area contributed by atoms with Crippen molar-refractivity contribution in [1.29, 1.82) is 0 Å². The van der Waals surface area contributed by atoms with Crippen LogP contribution in [0.5, 0.6) is 0 Å². The van der Waals surface area contributed by atoms with E-state index in [1.54, 1.807) is 0 Å². The maximum Gasteiger partial charge on any atom is 0.191 e. The Balaban J connectivity index is 1.52. The minimum atomic E-state index is -0.155. The third-order valence-corrected chi connectivity index (χ3v) is 1.97. The highest BCUT2D eigenvalue weighted by Gasteiger charge is 2.24. The molecule has 2 heterocycles. The van der Waals surface area contributed by atoms with Crippen molar-refractivity contribution in [3.05, 3.63) is 0 Å². The SMILES string of the molecule is C1CCC(OOCC2CO2)OC1. The van der Waals surface area contributed by atoms with E-state index >= 15 is 0 Å². The Morgan fingerprint density at radius 2 is 2.17 bits per heavy atom. The number of hydrogen-bond acceptors (Lipinski definition) is 4. The molecule has 0 amide bonds. The molecule has 0 saturated carbocycles. The largest absolute Gasteiger partial charge is 0.370 e. The summed E-state index contributed by atoms with van der Waals surface area (Å²) in [6, 6.07) is 0. The second kappa shape index (κ2) is 4.18. The van der Waals surface area contributed by atoms with Crippen molar-refractivity contribution in [1.82, 2.24) is 0 Å². The average molecular weight is 174 g/mol. The van der Waals surface area contributed by atoms with E-state index < -0.39 is 0 Å². The molecule has 0 aromatic heterocycles. The van der Waals surface area contributed by atoms with Gasteiger partial charge in [-0.25, -0.2) is 9.78 Å². The van der Waals surface area contributed by atoms with Gasteiger partial charge in [0.15, 0.2) is 6.29 Å². The smallest absolute Gasteiger partial charge is 0.191 e. The Morgan fingerprint density at radius 1 is 1.25 bits per heavy atom. The summed E-state index contributed by atoms with van der Waals surface area (Å²) in [7, 11) is 0. The third-order valence-electron chi connectivity index (χ3n) is 1.97. The van der Waals surface area contributed by atoms with E-state index in [1.165, 1.54) is 0 Å². The highest BCUT2D eigenvalue weighted by molar-refractivity contribution is 4.66. The Kier molecular flexibility index (Phi) is 2.94. The third kappa shape index (κ3) is 2.71. The summed E-state index contributed by atoms with van der Waals surface area (Å²) in [5, 5.41) is 0. The molecular weight excluding hydrogens is 160 g/mol. The van der Waals surface area contributed by atoms with Gasteiger partial charge < -0.3 is 9.47 Å². The van der Waals surface area contributed by atoms with Crippen molar-refractivity contribution in [3.8, 4) is 0 Å². The molecule has 70 valence electrons. The van der Waals surface area contributed by atoms with Crippen LogP contribution in [0.25, 0.3) is 0 Å². The van der Waals surface area contributed by atoms with Gasteiger partial charge in [-0.15, -0.1) is 0 Å². The lowest BCUT2D eigenvalue weighted by molar-refractivity contribution is -0.385. The first-order valence-electron chi connectivity index (χ1n) is 4.46. The van der Waals surface area contributed by atoms with E-state index in [0.29, 0.717) is 6.61 Å². The van der Waals surface area contributed by atoms with Gasteiger partial charge in [-0.2, -0.15) is 0 Å². The topological polar surface area (TPSA) is 40.2 Å². The van der Waals surface area contributed by atoms with Crippen LogP contribution in [0.2, 0.25) is 0 Å². The van der Waals surface area contributed by atoms with Crippen molar-refractivity contribution >= 4 is 0 Å². The van der Waals surface area contributed by atoms with Gasteiger partial charge >= 0.3 is 0 Å². The summed E-state index contributed by atoms with van der Waals surface area (Å²) in [6.07, 6.45) is 3.33. The predicted octanol–water partition coefficient (Wildman–Crippen LogP) is 0.860. The zero-order chi connectivity index (χ0) is 8.23. The fourth-order valence-corrected chi connectivity index (χ4v) is 1.14. The fourth-order valence-electron chi connectivity index (χ4n) is 1.14. The number of hydrogen-bond donors (Lipinski definition) is 0. The lowest BCUT2D eigenvalue weighted by atomic mass is 10.2. The molecule has 2 saturated heterocycles. The molecule has 0 spiro atoms. The molecule has 0 aliphatic carbocycles. The molecule has 2 rings (SSSR count). The summed E-state index contributed by atoms with van der Waals surface area (Å²) < 4.78 is 10.2. The van der Waals surface area contributed by atoms with Gasteiger partial charge in [0.2, 0.25) is 0 Å². The molecule has 2 atom stereocenters. The van der Waals surface area contributed by atoms with Gasteiger partial charge in [-0.05, 0) is 12.8 Å². The standard InChI is InChI=1S/C8H14O4/c1-2-4-9-8(3-1)12-11-6-7-5-10-7/h7-8H,1-6H2. The van der Waals surface area contributed by atoms with Crippen molar-refractivity contribution in [2.75, 3.05) is 19.8 Å². The fraction of sp³-hybridized carbons (Fsp3) is 1.00. The van der Waals surface area contributed by atoms with Crippen LogP contribution in [-0.2, 0) is 19.2 Å². The zero-order valence-corrected chi connectivity index (χ0v) is 7.03. The van der Waals surface area contributed by atoms with Crippen LogP contribution in [0.4, 0.5) is 0 Å². The molecule has 0 radical (unpaired) electrons. The normalized spacial score (nSPS) is 35.0.